The van der Waals surface area contributed by atoms with Crippen molar-refractivity contribution < 1.29 is 8.85 Å². The summed E-state index contributed by atoms with van der Waals surface area (Å²) < 4.78 is 10.5. The van der Waals surface area contributed by atoms with E-state index in [-0.39, 0.29) is 6.17 Å². The van der Waals surface area contributed by atoms with Gasteiger partial charge in [-0.2, -0.15) is 0 Å². The van der Waals surface area contributed by atoms with Crippen LogP contribution in [-0.2, 0) is 8.85 Å². The molecule has 0 saturated heterocycles. The van der Waals surface area contributed by atoms with Gasteiger partial charge in [-0.15, -0.1) is 0 Å². The van der Waals surface area contributed by atoms with E-state index in [1.54, 1.807) is 21.1 Å². The van der Waals surface area contributed by atoms with Crippen molar-refractivity contribution in [1.29, 1.82) is 0 Å². The molecule has 0 radical (unpaired) electrons. The standard InChI is InChI=1S/C6H16O2Si.C2H8N2/c1-5-6-9(4,7-2)8-3;1-2(3)4/h5-6H2,1-4H3;2H,3-4H2,1H3. The van der Waals surface area contributed by atoms with Gasteiger partial charge < -0.3 is 20.3 Å². The lowest BCUT2D eigenvalue weighted by atomic mass is 10.6. The Balaban J connectivity index is 0. The molecule has 82 valence electrons. The number of nitrogens with two attached hydrogens (primary N) is 2. The minimum Gasteiger partial charge on any atom is -0.398 e. The van der Waals surface area contributed by atoms with E-state index < -0.39 is 8.56 Å². The Bertz CT molecular complexity index is 106. The van der Waals surface area contributed by atoms with Gasteiger partial charge in [0.1, 0.15) is 0 Å². The van der Waals surface area contributed by atoms with Crippen LogP contribution >= 0.6 is 0 Å². The van der Waals surface area contributed by atoms with Gasteiger partial charge in [-0.3, -0.25) is 0 Å². The van der Waals surface area contributed by atoms with Gasteiger partial charge in [0.15, 0.2) is 0 Å². The quantitative estimate of drug-likeness (QED) is 0.534. The van der Waals surface area contributed by atoms with Gasteiger partial charge in [0.2, 0.25) is 0 Å². The van der Waals surface area contributed by atoms with Crippen molar-refractivity contribution in [3.05, 3.63) is 0 Å². The predicted octanol–water partition coefficient (Wildman–Crippen LogP) is 1.01. The lowest BCUT2D eigenvalue weighted by Gasteiger charge is -2.21. The monoisotopic (exact) mass is 208 g/mol. The van der Waals surface area contributed by atoms with Gasteiger partial charge in [-0.05, 0) is 19.5 Å². The fourth-order valence-electron chi connectivity index (χ4n) is 0.742. The van der Waals surface area contributed by atoms with E-state index in [1.807, 2.05) is 0 Å². The molecule has 13 heavy (non-hydrogen) atoms. The van der Waals surface area contributed by atoms with Crippen LogP contribution in [0.1, 0.15) is 20.3 Å². The molecule has 0 atom stereocenters. The summed E-state index contributed by atoms with van der Waals surface area (Å²) in [5.74, 6) is 0. The summed E-state index contributed by atoms with van der Waals surface area (Å²) in [6.45, 7) is 5.94. The zero-order chi connectivity index (χ0) is 10.9. The molecule has 0 rings (SSSR count). The molecule has 0 aromatic rings. The topological polar surface area (TPSA) is 70.5 Å². The van der Waals surface area contributed by atoms with Crippen LogP contribution in [0.4, 0.5) is 0 Å². The molecule has 0 aliphatic rings. The van der Waals surface area contributed by atoms with Crippen molar-refractivity contribution in [2.45, 2.75) is 39.0 Å². The summed E-state index contributed by atoms with van der Waals surface area (Å²) in [4.78, 5) is 0. The average molecular weight is 208 g/mol. The van der Waals surface area contributed by atoms with Crippen molar-refractivity contribution >= 4 is 8.56 Å². The van der Waals surface area contributed by atoms with Crippen LogP contribution in [-0.4, -0.2) is 28.9 Å². The first-order chi connectivity index (χ1) is 5.91. The highest BCUT2D eigenvalue weighted by Crippen LogP contribution is 2.12. The maximum Gasteiger partial charge on any atom is 0.334 e. The van der Waals surface area contributed by atoms with Gasteiger partial charge in [0.25, 0.3) is 0 Å². The molecule has 0 unspecified atom stereocenters. The molecule has 0 aromatic carbocycles. The van der Waals surface area contributed by atoms with E-state index in [4.69, 9.17) is 20.3 Å². The number of rotatable bonds is 4. The molecular formula is C8H24N2O2Si. The van der Waals surface area contributed by atoms with Crippen LogP contribution < -0.4 is 11.5 Å². The SMILES string of the molecule is CC(N)N.CCC[Si](C)(OC)OC. The summed E-state index contributed by atoms with van der Waals surface area (Å²) in [5.41, 5.74) is 9.78. The van der Waals surface area contributed by atoms with Gasteiger partial charge in [0, 0.05) is 20.4 Å². The molecule has 0 amide bonds. The zero-order valence-electron chi connectivity index (χ0n) is 9.46. The van der Waals surface area contributed by atoms with Gasteiger partial charge in [-0.1, -0.05) is 13.3 Å². The van der Waals surface area contributed by atoms with E-state index in [2.05, 4.69) is 13.5 Å². The van der Waals surface area contributed by atoms with Gasteiger partial charge in [0.05, 0.1) is 0 Å². The lowest BCUT2D eigenvalue weighted by molar-refractivity contribution is 0.249. The van der Waals surface area contributed by atoms with Crippen LogP contribution in [0.3, 0.4) is 0 Å². The smallest absolute Gasteiger partial charge is 0.334 e. The first kappa shape index (κ1) is 15.5. The van der Waals surface area contributed by atoms with Crippen LogP contribution in [0.25, 0.3) is 0 Å². The summed E-state index contributed by atoms with van der Waals surface area (Å²) in [7, 11) is 1.76. The second-order valence-corrected chi connectivity index (χ2v) is 6.74. The highest BCUT2D eigenvalue weighted by molar-refractivity contribution is 6.65. The lowest BCUT2D eigenvalue weighted by Crippen LogP contribution is -2.35. The van der Waals surface area contributed by atoms with Crippen molar-refractivity contribution in [2.75, 3.05) is 14.2 Å². The molecule has 0 aliphatic carbocycles. The van der Waals surface area contributed by atoms with E-state index in [1.165, 1.54) is 0 Å². The molecule has 0 heterocycles. The third-order valence-electron chi connectivity index (χ3n) is 1.57. The Morgan fingerprint density at radius 3 is 1.62 bits per heavy atom. The Labute approximate surface area is 82.8 Å². The highest BCUT2D eigenvalue weighted by atomic mass is 28.4. The molecular weight excluding hydrogens is 184 g/mol. The Morgan fingerprint density at radius 1 is 1.23 bits per heavy atom. The van der Waals surface area contributed by atoms with Crippen LogP contribution in [0.15, 0.2) is 0 Å². The maximum atomic E-state index is 5.24. The summed E-state index contributed by atoms with van der Waals surface area (Å²) in [6.07, 6.45) is 0.977. The van der Waals surface area contributed by atoms with E-state index in [0.717, 1.165) is 12.5 Å². The Kier molecular flexibility index (Phi) is 10.3. The van der Waals surface area contributed by atoms with Gasteiger partial charge >= 0.3 is 8.56 Å². The van der Waals surface area contributed by atoms with Crippen LogP contribution in [0.2, 0.25) is 12.6 Å². The molecule has 0 bridgehead atoms. The first-order valence-corrected chi connectivity index (χ1v) is 7.05. The first-order valence-electron chi connectivity index (χ1n) is 4.53. The normalized spacial score (nSPS) is 11.1. The average Bonchev–Trinajstić information content (AvgIpc) is 2.04. The van der Waals surface area contributed by atoms with Crippen molar-refractivity contribution in [2.24, 2.45) is 11.5 Å². The van der Waals surface area contributed by atoms with Crippen molar-refractivity contribution in [1.82, 2.24) is 0 Å². The molecule has 4 N–H and O–H groups in total. The van der Waals surface area contributed by atoms with E-state index in [9.17, 15) is 0 Å². The van der Waals surface area contributed by atoms with Crippen LogP contribution in [0.5, 0.6) is 0 Å². The predicted molar refractivity (Wildman–Crippen MR) is 58.6 cm³/mol. The largest absolute Gasteiger partial charge is 0.398 e. The molecule has 5 heteroatoms. The minimum absolute atomic E-state index is 0.167. The molecule has 0 aliphatic heterocycles. The molecule has 0 saturated carbocycles. The summed E-state index contributed by atoms with van der Waals surface area (Å²) >= 11 is 0. The second kappa shape index (κ2) is 8.65. The molecule has 0 spiro atoms. The summed E-state index contributed by atoms with van der Waals surface area (Å²) in [6, 6.07) is 1.08. The van der Waals surface area contributed by atoms with Gasteiger partial charge in [-0.25, -0.2) is 0 Å². The third kappa shape index (κ3) is 12.1. The van der Waals surface area contributed by atoms with E-state index >= 15 is 0 Å². The molecule has 0 aromatic heterocycles. The molecule has 0 fully saturated rings. The number of hydrogen-bond donors (Lipinski definition) is 2. The van der Waals surface area contributed by atoms with E-state index in [0.29, 0.717) is 0 Å². The Morgan fingerprint density at radius 2 is 1.54 bits per heavy atom. The maximum absolute atomic E-state index is 5.24. The third-order valence-corrected chi connectivity index (χ3v) is 4.70. The fourth-order valence-corrected chi connectivity index (χ4v) is 2.22. The fraction of sp³-hybridized carbons (Fsp3) is 1.00. The number of hydrogen-bond acceptors (Lipinski definition) is 4. The molecule has 4 nitrogen and oxygen atoms in total. The van der Waals surface area contributed by atoms with Crippen molar-refractivity contribution in [3.8, 4) is 0 Å². The zero-order valence-corrected chi connectivity index (χ0v) is 10.5. The highest BCUT2D eigenvalue weighted by Gasteiger charge is 2.26. The summed E-state index contributed by atoms with van der Waals surface area (Å²) in [5, 5.41) is 0. The minimum atomic E-state index is -1.70. The Hall–Kier alpha value is 0.0569. The second-order valence-electron chi connectivity index (χ2n) is 3.15. The van der Waals surface area contributed by atoms with Crippen molar-refractivity contribution in [3.63, 3.8) is 0 Å². The van der Waals surface area contributed by atoms with Crippen LogP contribution in [0, 0.1) is 0 Å².